The minimum atomic E-state index is -0.654. The molecule has 0 spiro atoms. The predicted octanol–water partition coefficient (Wildman–Crippen LogP) is 1.59. The molecule has 4 amide bonds. The number of nitrogens with one attached hydrogen (secondary N) is 2. The lowest BCUT2D eigenvalue weighted by Gasteiger charge is -2.13. The van der Waals surface area contributed by atoms with Crippen LogP contribution in [-0.4, -0.2) is 47.0 Å². The second-order valence-electron chi connectivity index (χ2n) is 7.02. The summed E-state index contributed by atoms with van der Waals surface area (Å²) in [5.74, 6) is 0.331. The molecule has 1 aliphatic rings. The van der Waals surface area contributed by atoms with E-state index in [-0.39, 0.29) is 24.7 Å². The van der Waals surface area contributed by atoms with Crippen LogP contribution in [0.2, 0.25) is 0 Å². The summed E-state index contributed by atoms with van der Waals surface area (Å²) >= 11 is 0. The Labute approximate surface area is 169 Å². The number of hydrogen-bond donors (Lipinski definition) is 2. The topological polar surface area (TPSA) is 92.7 Å². The van der Waals surface area contributed by atoms with Crippen molar-refractivity contribution in [3.05, 3.63) is 53.9 Å². The third-order valence-corrected chi connectivity index (χ3v) is 5.07. The quantitative estimate of drug-likeness (QED) is 0.628. The molecule has 3 rings (SSSR count). The average Bonchev–Trinajstić information content (AvgIpc) is 3.25. The van der Waals surface area contributed by atoms with Gasteiger partial charge in [-0.2, -0.15) is 0 Å². The highest BCUT2D eigenvalue weighted by molar-refractivity contribution is 6.04. The monoisotopic (exact) mass is 398 g/mol. The molecule has 154 valence electrons. The van der Waals surface area contributed by atoms with Crippen LogP contribution < -0.4 is 15.4 Å². The van der Waals surface area contributed by atoms with E-state index in [2.05, 4.69) is 10.6 Å². The van der Waals surface area contributed by atoms with Crippen molar-refractivity contribution < 1.29 is 19.1 Å². The summed E-state index contributed by atoms with van der Waals surface area (Å²) < 4.78 is 7.06. The van der Waals surface area contributed by atoms with Crippen molar-refractivity contribution in [2.45, 2.75) is 31.8 Å². The highest BCUT2D eigenvalue weighted by Gasteiger charge is 2.37. The Kier molecular flexibility index (Phi) is 6.54. The molecule has 8 heteroatoms. The third kappa shape index (κ3) is 5.16. The number of amides is 4. The normalized spacial score (nSPS) is 16.1. The first-order valence-electron chi connectivity index (χ1n) is 9.59. The Bertz CT molecular complexity index is 875. The minimum Gasteiger partial charge on any atom is -0.497 e. The summed E-state index contributed by atoms with van der Waals surface area (Å²) in [6.45, 7) is 0.731. The second kappa shape index (κ2) is 9.27. The van der Waals surface area contributed by atoms with Crippen LogP contribution in [0.1, 0.15) is 24.1 Å². The molecule has 1 aromatic heterocycles. The van der Waals surface area contributed by atoms with Gasteiger partial charge in [-0.15, -0.1) is 0 Å². The van der Waals surface area contributed by atoms with Crippen LogP contribution in [-0.2, 0) is 29.6 Å². The Hall–Kier alpha value is -3.29. The van der Waals surface area contributed by atoms with Crippen molar-refractivity contribution in [1.29, 1.82) is 0 Å². The molecule has 1 fully saturated rings. The first kappa shape index (κ1) is 20.4. The van der Waals surface area contributed by atoms with E-state index in [0.29, 0.717) is 19.5 Å². The summed E-state index contributed by atoms with van der Waals surface area (Å²) in [4.78, 5) is 38.0. The zero-order valence-electron chi connectivity index (χ0n) is 16.7. The lowest BCUT2D eigenvalue weighted by molar-refractivity contribution is -0.127. The molecule has 1 aromatic carbocycles. The largest absolute Gasteiger partial charge is 0.497 e. The number of aryl methyl sites for hydroxylation is 1. The van der Waals surface area contributed by atoms with Crippen LogP contribution >= 0.6 is 0 Å². The highest BCUT2D eigenvalue weighted by Crippen LogP contribution is 2.15. The summed E-state index contributed by atoms with van der Waals surface area (Å²) in [6, 6.07) is 10.3. The number of rotatable bonds is 9. The lowest BCUT2D eigenvalue weighted by Crippen LogP contribution is -2.34. The number of imide groups is 1. The first-order chi connectivity index (χ1) is 14.0. The number of methoxy groups -OCH3 is 1. The van der Waals surface area contributed by atoms with Crippen molar-refractivity contribution in [1.82, 2.24) is 20.1 Å². The van der Waals surface area contributed by atoms with Gasteiger partial charge in [0.1, 0.15) is 11.8 Å². The first-order valence-corrected chi connectivity index (χ1v) is 9.59. The summed E-state index contributed by atoms with van der Waals surface area (Å²) in [5.41, 5.74) is 2.00. The van der Waals surface area contributed by atoms with Gasteiger partial charge in [-0.05, 0) is 42.7 Å². The molecule has 1 atom stereocenters. The van der Waals surface area contributed by atoms with E-state index in [0.717, 1.165) is 17.0 Å². The fourth-order valence-electron chi connectivity index (χ4n) is 3.25. The van der Waals surface area contributed by atoms with Gasteiger partial charge in [0.25, 0.3) is 5.91 Å². The van der Waals surface area contributed by atoms with Gasteiger partial charge >= 0.3 is 6.03 Å². The number of urea groups is 1. The van der Waals surface area contributed by atoms with Crippen molar-refractivity contribution in [3.63, 3.8) is 0 Å². The average molecular weight is 398 g/mol. The van der Waals surface area contributed by atoms with Gasteiger partial charge in [-0.1, -0.05) is 12.1 Å². The molecule has 1 aliphatic heterocycles. The zero-order chi connectivity index (χ0) is 20.8. The smallest absolute Gasteiger partial charge is 0.324 e. The number of ether oxygens (including phenoxy) is 1. The fourth-order valence-corrected chi connectivity index (χ4v) is 3.25. The SMILES string of the molecule is COc1ccc(CCN2C(=O)N[C@@H](CCC(=O)NCc3cccn3C)C2=O)cc1. The standard InChI is InChI=1S/C21H26N4O4/c1-24-12-3-4-16(24)14-22-19(26)10-9-18-20(27)25(21(28)23-18)13-11-15-5-7-17(29-2)8-6-15/h3-8,12,18H,9-11,13-14H2,1-2H3,(H,22,26)(H,23,28)/t18-/m0/s1. The number of hydrogen-bond acceptors (Lipinski definition) is 4. The van der Waals surface area contributed by atoms with Crippen molar-refractivity contribution in [2.75, 3.05) is 13.7 Å². The summed E-state index contributed by atoms with van der Waals surface area (Å²) in [5, 5.41) is 5.51. The molecule has 1 saturated heterocycles. The summed E-state index contributed by atoms with van der Waals surface area (Å²) in [6.07, 6.45) is 2.93. The fraction of sp³-hybridized carbons (Fsp3) is 0.381. The molecule has 0 aliphatic carbocycles. The molecule has 2 aromatic rings. The number of carbonyl (C=O) groups excluding carboxylic acids is 3. The minimum absolute atomic E-state index is 0.148. The number of aromatic nitrogens is 1. The van der Waals surface area contributed by atoms with Crippen molar-refractivity contribution in [3.8, 4) is 5.75 Å². The van der Waals surface area contributed by atoms with Gasteiger partial charge in [0.2, 0.25) is 5.91 Å². The van der Waals surface area contributed by atoms with E-state index >= 15 is 0 Å². The van der Waals surface area contributed by atoms with Crippen LogP contribution in [0.15, 0.2) is 42.6 Å². The Morgan fingerprint density at radius 2 is 1.97 bits per heavy atom. The Morgan fingerprint density at radius 3 is 2.62 bits per heavy atom. The molecule has 29 heavy (non-hydrogen) atoms. The Morgan fingerprint density at radius 1 is 1.21 bits per heavy atom. The molecular weight excluding hydrogens is 372 g/mol. The zero-order valence-corrected chi connectivity index (χ0v) is 16.7. The van der Waals surface area contributed by atoms with E-state index in [1.807, 2.05) is 54.2 Å². The van der Waals surface area contributed by atoms with Gasteiger partial charge < -0.3 is 19.9 Å². The molecule has 2 N–H and O–H groups in total. The van der Waals surface area contributed by atoms with Crippen LogP contribution in [0.3, 0.4) is 0 Å². The maximum absolute atomic E-state index is 12.5. The van der Waals surface area contributed by atoms with E-state index in [1.54, 1.807) is 7.11 Å². The van der Waals surface area contributed by atoms with E-state index in [9.17, 15) is 14.4 Å². The van der Waals surface area contributed by atoms with E-state index < -0.39 is 12.1 Å². The molecule has 8 nitrogen and oxygen atoms in total. The van der Waals surface area contributed by atoms with Gasteiger partial charge in [-0.3, -0.25) is 14.5 Å². The van der Waals surface area contributed by atoms with E-state index in [1.165, 1.54) is 4.90 Å². The van der Waals surface area contributed by atoms with Gasteiger partial charge in [0.15, 0.2) is 0 Å². The number of carbonyl (C=O) groups is 3. The molecule has 0 saturated carbocycles. The van der Waals surface area contributed by atoms with Crippen molar-refractivity contribution in [2.24, 2.45) is 7.05 Å². The van der Waals surface area contributed by atoms with Crippen LogP contribution in [0.25, 0.3) is 0 Å². The van der Waals surface area contributed by atoms with Gasteiger partial charge in [0.05, 0.1) is 13.7 Å². The molecule has 2 heterocycles. The molecule has 0 unspecified atom stereocenters. The molecule has 0 bridgehead atoms. The summed E-state index contributed by atoms with van der Waals surface area (Å²) in [7, 11) is 3.51. The lowest BCUT2D eigenvalue weighted by atomic mass is 10.1. The number of benzene rings is 1. The Balaban J connectivity index is 1.44. The van der Waals surface area contributed by atoms with E-state index in [4.69, 9.17) is 4.74 Å². The van der Waals surface area contributed by atoms with Crippen LogP contribution in [0.5, 0.6) is 5.75 Å². The number of nitrogens with zero attached hydrogens (tertiary/aromatic N) is 2. The second-order valence-corrected chi connectivity index (χ2v) is 7.02. The molecular formula is C21H26N4O4. The van der Waals surface area contributed by atoms with Gasteiger partial charge in [-0.25, -0.2) is 4.79 Å². The third-order valence-electron chi connectivity index (χ3n) is 5.07. The van der Waals surface area contributed by atoms with Crippen molar-refractivity contribution >= 4 is 17.8 Å². The maximum atomic E-state index is 12.5. The van der Waals surface area contributed by atoms with Crippen LogP contribution in [0, 0.1) is 0 Å². The molecule has 0 radical (unpaired) electrons. The highest BCUT2D eigenvalue weighted by atomic mass is 16.5. The van der Waals surface area contributed by atoms with Crippen LogP contribution in [0.4, 0.5) is 4.79 Å². The van der Waals surface area contributed by atoms with Gasteiger partial charge in [0, 0.05) is 31.9 Å². The maximum Gasteiger partial charge on any atom is 0.324 e. The predicted molar refractivity (Wildman–Crippen MR) is 107 cm³/mol.